The Kier molecular flexibility index (Phi) is 5.71. The molecule has 7 nitrogen and oxygen atoms in total. The van der Waals surface area contributed by atoms with Gasteiger partial charge in [0.25, 0.3) is 0 Å². The average molecular weight is 450 g/mol. The molecule has 168 valence electrons. The molecule has 4 aromatic rings. The first kappa shape index (κ1) is 21.3. The number of aromatic amines is 1. The van der Waals surface area contributed by atoms with Crippen LogP contribution in [0.5, 0.6) is 17.4 Å². The molecule has 2 N–H and O–H groups in total. The van der Waals surface area contributed by atoms with Crippen LogP contribution in [-0.4, -0.2) is 23.2 Å². The monoisotopic (exact) mass is 450 g/mol. The number of methoxy groups -OCH3 is 1. The van der Waals surface area contributed by atoms with Crippen molar-refractivity contribution in [2.75, 3.05) is 7.11 Å². The molecule has 1 aliphatic rings. The van der Waals surface area contributed by atoms with Crippen LogP contribution in [0.15, 0.2) is 78.9 Å². The fraction of sp³-hybridized carbons (Fsp3) is 0.148. The van der Waals surface area contributed by atoms with Crippen molar-refractivity contribution in [3.8, 4) is 34.7 Å². The second-order valence-corrected chi connectivity index (χ2v) is 7.94. The molecule has 2 unspecified atom stereocenters. The predicted octanol–water partition coefficient (Wildman–Crippen LogP) is 5.31. The van der Waals surface area contributed by atoms with E-state index in [-0.39, 0.29) is 5.90 Å². The van der Waals surface area contributed by atoms with E-state index in [4.69, 9.17) is 19.6 Å². The van der Waals surface area contributed by atoms with Crippen molar-refractivity contribution in [2.45, 2.75) is 12.5 Å². The highest BCUT2D eigenvalue weighted by Crippen LogP contribution is 2.46. The quantitative estimate of drug-likeness (QED) is 0.414. The highest BCUT2D eigenvalue weighted by atomic mass is 16.5. The Morgan fingerprint density at radius 1 is 1.03 bits per heavy atom. The van der Waals surface area contributed by atoms with Crippen LogP contribution in [0.25, 0.3) is 11.3 Å². The van der Waals surface area contributed by atoms with Crippen LogP contribution >= 0.6 is 0 Å². The van der Waals surface area contributed by atoms with Crippen molar-refractivity contribution < 1.29 is 14.2 Å². The lowest BCUT2D eigenvalue weighted by molar-refractivity contribution is 0.305. The van der Waals surface area contributed by atoms with Crippen molar-refractivity contribution in [1.29, 1.82) is 10.7 Å². The molecular weight excluding hydrogens is 428 g/mol. The van der Waals surface area contributed by atoms with Gasteiger partial charge in [-0.2, -0.15) is 5.26 Å². The molecule has 34 heavy (non-hydrogen) atoms. The molecule has 7 heteroatoms. The summed E-state index contributed by atoms with van der Waals surface area (Å²) in [6.45, 7) is 0.434. The average Bonchev–Trinajstić information content (AvgIpc) is 3.30. The molecular formula is C27H22N4O3. The lowest BCUT2D eigenvalue weighted by Gasteiger charge is -2.28. The molecule has 3 aromatic carbocycles. The van der Waals surface area contributed by atoms with Crippen LogP contribution in [-0.2, 0) is 6.61 Å². The Bertz CT molecular complexity index is 1360. The molecule has 5 rings (SSSR count). The van der Waals surface area contributed by atoms with Crippen LogP contribution in [0.1, 0.15) is 22.6 Å². The summed E-state index contributed by atoms with van der Waals surface area (Å²) in [6, 6.07) is 27.4. The molecule has 2 heterocycles. The van der Waals surface area contributed by atoms with Crippen molar-refractivity contribution in [3.63, 3.8) is 0 Å². The number of benzene rings is 3. The standard InChI is InChI=1S/C27H22N4O3/c1-32-20-12-10-18(11-13-20)25-24-23(22(15-28)26(29)34-27(24)31-30-25)19-8-5-9-21(14-19)33-16-17-6-3-2-4-7-17/h2-14,22-23,29H,16H2,1H3,(H,30,31). The molecule has 0 saturated heterocycles. The van der Waals surface area contributed by atoms with Gasteiger partial charge in [0.15, 0.2) is 0 Å². The van der Waals surface area contributed by atoms with Gasteiger partial charge in [0.2, 0.25) is 11.8 Å². The van der Waals surface area contributed by atoms with Gasteiger partial charge in [-0.3, -0.25) is 10.5 Å². The highest BCUT2D eigenvalue weighted by Gasteiger charge is 2.40. The van der Waals surface area contributed by atoms with E-state index in [1.165, 1.54) is 0 Å². The lowest BCUT2D eigenvalue weighted by Crippen LogP contribution is -2.30. The number of H-pyrrole nitrogens is 1. The Morgan fingerprint density at radius 3 is 2.56 bits per heavy atom. The third kappa shape index (κ3) is 3.97. The minimum atomic E-state index is -0.800. The van der Waals surface area contributed by atoms with E-state index in [0.29, 0.717) is 18.2 Å². The first-order chi connectivity index (χ1) is 16.7. The SMILES string of the molecule is COc1ccc(-c2[nH]nc3c2C(c2cccc(OCc4ccccc4)c2)C(C#N)C(=N)O3)cc1. The van der Waals surface area contributed by atoms with Gasteiger partial charge in [0, 0.05) is 11.5 Å². The van der Waals surface area contributed by atoms with E-state index in [2.05, 4.69) is 16.3 Å². The number of aromatic nitrogens is 2. The zero-order valence-corrected chi connectivity index (χ0v) is 18.5. The number of fused-ring (bicyclic) bond motifs is 1. The summed E-state index contributed by atoms with van der Waals surface area (Å²) in [5.41, 5.74) is 4.28. The summed E-state index contributed by atoms with van der Waals surface area (Å²) in [5.74, 6) is 0.368. The second kappa shape index (κ2) is 9.12. The van der Waals surface area contributed by atoms with Crippen LogP contribution in [0.2, 0.25) is 0 Å². The Morgan fingerprint density at radius 2 is 1.82 bits per heavy atom. The number of hydrogen-bond donors (Lipinski definition) is 2. The smallest absolute Gasteiger partial charge is 0.244 e. The van der Waals surface area contributed by atoms with Gasteiger partial charge in [-0.1, -0.05) is 42.5 Å². The number of nitriles is 1. The Balaban J connectivity index is 1.54. The molecule has 0 aliphatic carbocycles. The number of nitrogens with one attached hydrogen (secondary N) is 2. The third-order valence-electron chi connectivity index (χ3n) is 5.89. The van der Waals surface area contributed by atoms with E-state index in [0.717, 1.165) is 33.7 Å². The summed E-state index contributed by atoms with van der Waals surface area (Å²) in [4.78, 5) is 0. The minimum absolute atomic E-state index is 0.122. The van der Waals surface area contributed by atoms with E-state index in [9.17, 15) is 5.26 Å². The molecule has 1 aliphatic heterocycles. The summed E-state index contributed by atoms with van der Waals surface area (Å²) in [6.07, 6.45) is 0. The first-order valence-corrected chi connectivity index (χ1v) is 10.8. The normalized spacial score (nSPS) is 16.8. The predicted molar refractivity (Wildman–Crippen MR) is 127 cm³/mol. The molecule has 0 radical (unpaired) electrons. The van der Waals surface area contributed by atoms with Gasteiger partial charge in [0.1, 0.15) is 24.0 Å². The number of rotatable bonds is 6. The van der Waals surface area contributed by atoms with Crippen LogP contribution in [0.3, 0.4) is 0 Å². The zero-order chi connectivity index (χ0) is 23.5. The molecule has 0 saturated carbocycles. The summed E-state index contributed by atoms with van der Waals surface area (Å²) in [7, 11) is 1.62. The lowest BCUT2D eigenvalue weighted by atomic mass is 9.79. The molecule has 0 amide bonds. The maximum atomic E-state index is 9.96. The molecule has 0 bridgehead atoms. The topological polar surface area (TPSA) is 104 Å². The van der Waals surface area contributed by atoms with Crippen LogP contribution in [0, 0.1) is 22.7 Å². The van der Waals surface area contributed by atoms with Gasteiger partial charge >= 0.3 is 0 Å². The summed E-state index contributed by atoms with van der Waals surface area (Å²) in [5, 5.41) is 25.6. The summed E-state index contributed by atoms with van der Waals surface area (Å²) >= 11 is 0. The van der Waals surface area contributed by atoms with Gasteiger partial charge in [0.05, 0.1) is 24.4 Å². The van der Waals surface area contributed by atoms with Gasteiger partial charge in [-0.25, -0.2) is 0 Å². The van der Waals surface area contributed by atoms with Crippen molar-refractivity contribution >= 4 is 5.90 Å². The van der Waals surface area contributed by atoms with Crippen LogP contribution < -0.4 is 14.2 Å². The number of nitrogens with zero attached hydrogens (tertiary/aromatic N) is 2. The van der Waals surface area contributed by atoms with E-state index < -0.39 is 11.8 Å². The Labute approximate surface area is 197 Å². The third-order valence-corrected chi connectivity index (χ3v) is 5.89. The van der Waals surface area contributed by atoms with Gasteiger partial charge < -0.3 is 14.2 Å². The fourth-order valence-electron chi connectivity index (χ4n) is 4.19. The molecule has 1 aromatic heterocycles. The Hall–Kier alpha value is -4.57. The zero-order valence-electron chi connectivity index (χ0n) is 18.5. The van der Waals surface area contributed by atoms with Crippen molar-refractivity contribution in [1.82, 2.24) is 10.2 Å². The van der Waals surface area contributed by atoms with Gasteiger partial charge in [-0.05, 0) is 47.5 Å². The first-order valence-electron chi connectivity index (χ1n) is 10.8. The molecule has 0 fully saturated rings. The highest BCUT2D eigenvalue weighted by molar-refractivity contribution is 5.86. The van der Waals surface area contributed by atoms with Gasteiger partial charge in [-0.15, -0.1) is 5.10 Å². The maximum Gasteiger partial charge on any atom is 0.244 e. The van der Waals surface area contributed by atoms with Crippen molar-refractivity contribution in [3.05, 3.63) is 95.6 Å². The van der Waals surface area contributed by atoms with E-state index in [1.807, 2.05) is 78.9 Å². The minimum Gasteiger partial charge on any atom is -0.497 e. The van der Waals surface area contributed by atoms with Crippen LogP contribution in [0.4, 0.5) is 0 Å². The van der Waals surface area contributed by atoms with E-state index in [1.54, 1.807) is 7.11 Å². The maximum absolute atomic E-state index is 9.96. The fourth-order valence-corrected chi connectivity index (χ4v) is 4.19. The molecule has 2 atom stereocenters. The molecule has 0 spiro atoms. The largest absolute Gasteiger partial charge is 0.497 e. The summed E-state index contributed by atoms with van der Waals surface area (Å²) < 4.78 is 16.9. The van der Waals surface area contributed by atoms with E-state index >= 15 is 0 Å². The number of ether oxygens (including phenoxy) is 3. The van der Waals surface area contributed by atoms with Crippen molar-refractivity contribution in [2.24, 2.45) is 5.92 Å². The second-order valence-electron chi connectivity index (χ2n) is 7.94. The number of hydrogen-bond acceptors (Lipinski definition) is 6.